The van der Waals surface area contributed by atoms with Gasteiger partial charge in [-0.3, -0.25) is 0 Å². The summed E-state index contributed by atoms with van der Waals surface area (Å²) in [6, 6.07) is 4.49. The zero-order valence-corrected chi connectivity index (χ0v) is 13.7. The Bertz CT molecular complexity index is 290. The van der Waals surface area contributed by atoms with Crippen LogP contribution in [-0.4, -0.2) is 19.3 Å². The van der Waals surface area contributed by atoms with Crippen molar-refractivity contribution in [3.05, 3.63) is 30.1 Å². The number of pyridine rings is 1. The highest BCUT2D eigenvalue weighted by Crippen LogP contribution is 2.00. The largest absolute Gasteiger partial charge is 1.00 e. The molecule has 1 heterocycles. The van der Waals surface area contributed by atoms with E-state index in [9.17, 15) is 0 Å². The molecule has 1 rings (SSSR count). The molecule has 0 aliphatic rings. The molecule has 0 aliphatic carbocycles. The average molecular weight is 333 g/mol. The quantitative estimate of drug-likeness (QED) is 0.345. The topological polar surface area (TPSA) is 15.9 Å². The number of halogens is 1. The Morgan fingerprint density at radius 1 is 1.11 bits per heavy atom. The van der Waals surface area contributed by atoms with Gasteiger partial charge in [0.1, 0.15) is 6.54 Å². The van der Waals surface area contributed by atoms with E-state index < -0.39 is 0 Å². The van der Waals surface area contributed by atoms with Crippen LogP contribution in [0.3, 0.4) is 0 Å². The first-order chi connectivity index (χ1) is 8.36. The molecule has 0 atom stereocenters. The Balaban J connectivity index is 0.00000289. The zero-order chi connectivity index (χ0) is 12.3. The second-order valence-electron chi connectivity index (χ2n) is 4.44. The highest BCUT2D eigenvalue weighted by molar-refractivity contribution is 7.80. The third kappa shape index (κ3) is 8.11. The monoisotopic (exact) mass is 332 g/mol. The number of hydrogen-bond acceptors (Lipinski definition) is 2. The summed E-state index contributed by atoms with van der Waals surface area (Å²) in [6.45, 7) is 2.23. The van der Waals surface area contributed by atoms with Crippen LogP contribution >= 0.6 is 12.6 Å². The van der Waals surface area contributed by atoms with Gasteiger partial charge in [0.25, 0.3) is 0 Å². The molecule has 4 heteroatoms. The molecule has 0 aliphatic heterocycles. The molecule has 18 heavy (non-hydrogen) atoms. The summed E-state index contributed by atoms with van der Waals surface area (Å²) in [7, 11) is 2.00. The first kappa shape index (κ1) is 17.9. The van der Waals surface area contributed by atoms with Crippen LogP contribution < -0.4 is 26.9 Å². The normalized spacial score (nSPS) is 10.1. The standard InChI is InChI=1S/C14H24N2S.BrH/c1-15-9-5-6-14-7-11-16(12-8-14)10-3-2-4-13-17;/h7-8,11-12,15H,2-6,9-10,13H2,1H3;1H. The molecule has 1 aromatic rings. The molecule has 0 fully saturated rings. The van der Waals surface area contributed by atoms with Gasteiger partial charge in [-0.2, -0.15) is 12.6 Å². The zero-order valence-electron chi connectivity index (χ0n) is 11.2. The van der Waals surface area contributed by atoms with Gasteiger partial charge in [0.15, 0.2) is 12.4 Å². The van der Waals surface area contributed by atoms with Crippen molar-refractivity contribution in [3.8, 4) is 0 Å². The lowest BCUT2D eigenvalue weighted by atomic mass is 10.1. The minimum Gasteiger partial charge on any atom is -1.00 e. The van der Waals surface area contributed by atoms with Crippen LogP contribution in [0.1, 0.15) is 31.2 Å². The van der Waals surface area contributed by atoms with Crippen LogP contribution in [0.5, 0.6) is 0 Å². The highest BCUT2D eigenvalue weighted by atomic mass is 79.9. The fourth-order valence-electron chi connectivity index (χ4n) is 1.86. The molecule has 104 valence electrons. The Morgan fingerprint density at radius 2 is 1.83 bits per heavy atom. The number of nitrogens with one attached hydrogen (secondary N) is 1. The second kappa shape index (κ2) is 12.0. The van der Waals surface area contributed by atoms with Gasteiger partial charge in [-0.25, -0.2) is 4.57 Å². The minimum atomic E-state index is 0. The van der Waals surface area contributed by atoms with Crippen molar-refractivity contribution in [1.29, 1.82) is 0 Å². The molecule has 0 amide bonds. The Hall–Kier alpha value is -0.0600. The van der Waals surface area contributed by atoms with E-state index in [-0.39, 0.29) is 17.0 Å². The van der Waals surface area contributed by atoms with Crippen LogP contribution in [0.25, 0.3) is 0 Å². The summed E-state index contributed by atoms with van der Waals surface area (Å²) >= 11 is 4.22. The lowest BCUT2D eigenvalue weighted by Gasteiger charge is -2.01. The van der Waals surface area contributed by atoms with Crippen molar-refractivity contribution in [2.45, 2.75) is 38.6 Å². The first-order valence-corrected chi connectivity index (χ1v) is 7.23. The maximum atomic E-state index is 4.22. The number of unbranched alkanes of at least 4 members (excludes halogenated alkanes) is 2. The summed E-state index contributed by atoms with van der Waals surface area (Å²) < 4.78 is 2.28. The number of hydrogen-bond donors (Lipinski definition) is 2. The van der Waals surface area contributed by atoms with Gasteiger partial charge in [0.2, 0.25) is 0 Å². The summed E-state index contributed by atoms with van der Waals surface area (Å²) in [5.41, 5.74) is 1.44. The number of rotatable bonds is 9. The van der Waals surface area contributed by atoms with Gasteiger partial charge < -0.3 is 22.3 Å². The van der Waals surface area contributed by atoms with Gasteiger partial charge >= 0.3 is 0 Å². The minimum absolute atomic E-state index is 0. The van der Waals surface area contributed by atoms with E-state index in [4.69, 9.17) is 0 Å². The third-order valence-electron chi connectivity index (χ3n) is 2.93. The Morgan fingerprint density at radius 3 is 2.44 bits per heavy atom. The number of thiol groups is 1. The van der Waals surface area contributed by atoms with Gasteiger partial charge in [0, 0.05) is 18.6 Å². The van der Waals surface area contributed by atoms with Crippen molar-refractivity contribution in [1.82, 2.24) is 5.32 Å². The third-order valence-corrected chi connectivity index (χ3v) is 3.24. The molecular weight excluding hydrogens is 308 g/mol. The van der Waals surface area contributed by atoms with Crippen molar-refractivity contribution in [2.24, 2.45) is 0 Å². The molecular formula is C14H25BrN2S. The van der Waals surface area contributed by atoms with Crippen LogP contribution in [0.2, 0.25) is 0 Å². The van der Waals surface area contributed by atoms with E-state index in [1.165, 1.54) is 37.7 Å². The lowest BCUT2D eigenvalue weighted by molar-refractivity contribution is -0.697. The maximum Gasteiger partial charge on any atom is 0.169 e. The van der Waals surface area contributed by atoms with Gasteiger partial charge in [-0.1, -0.05) is 0 Å². The van der Waals surface area contributed by atoms with E-state index >= 15 is 0 Å². The van der Waals surface area contributed by atoms with Crippen molar-refractivity contribution < 1.29 is 21.5 Å². The molecule has 0 unspecified atom stereocenters. The number of aromatic nitrogens is 1. The molecule has 0 saturated carbocycles. The predicted molar refractivity (Wildman–Crippen MR) is 76.6 cm³/mol. The summed E-state index contributed by atoms with van der Waals surface area (Å²) in [6.07, 6.45) is 10.5. The second-order valence-corrected chi connectivity index (χ2v) is 4.88. The van der Waals surface area contributed by atoms with E-state index in [2.05, 4.69) is 47.0 Å². The molecule has 2 nitrogen and oxygen atoms in total. The van der Waals surface area contributed by atoms with E-state index in [0.29, 0.717) is 0 Å². The molecule has 1 N–H and O–H groups in total. The highest BCUT2D eigenvalue weighted by Gasteiger charge is 2.00. The molecule has 0 spiro atoms. The SMILES string of the molecule is CNCCCc1cc[n+](CCCCCS)cc1.[Br-]. The van der Waals surface area contributed by atoms with Crippen LogP contribution in [0, 0.1) is 0 Å². The molecule has 0 aromatic carbocycles. The fraction of sp³-hybridized carbons (Fsp3) is 0.643. The van der Waals surface area contributed by atoms with Crippen LogP contribution in [0.4, 0.5) is 0 Å². The molecule has 0 radical (unpaired) electrons. The fourth-order valence-corrected chi connectivity index (χ4v) is 2.08. The first-order valence-electron chi connectivity index (χ1n) is 6.60. The van der Waals surface area contributed by atoms with E-state index in [0.717, 1.165) is 18.8 Å². The number of aryl methyl sites for hydroxylation is 2. The average Bonchev–Trinajstić information content (AvgIpc) is 2.37. The van der Waals surface area contributed by atoms with E-state index in [1.807, 2.05) is 7.05 Å². The number of nitrogens with zero attached hydrogens (tertiary/aromatic N) is 1. The van der Waals surface area contributed by atoms with Gasteiger partial charge in [-0.15, -0.1) is 0 Å². The lowest BCUT2D eigenvalue weighted by Crippen LogP contribution is -3.00. The van der Waals surface area contributed by atoms with Crippen molar-refractivity contribution in [3.63, 3.8) is 0 Å². The van der Waals surface area contributed by atoms with E-state index in [1.54, 1.807) is 0 Å². The van der Waals surface area contributed by atoms with Crippen LogP contribution in [-0.2, 0) is 13.0 Å². The predicted octanol–water partition coefficient (Wildman–Crippen LogP) is -0.770. The smallest absolute Gasteiger partial charge is 0.169 e. The maximum absolute atomic E-state index is 4.22. The van der Waals surface area contributed by atoms with Gasteiger partial charge in [0.05, 0.1) is 0 Å². The summed E-state index contributed by atoms with van der Waals surface area (Å²) in [4.78, 5) is 0. The molecule has 1 aromatic heterocycles. The molecule has 0 bridgehead atoms. The molecule has 0 saturated heterocycles. The summed E-state index contributed by atoms with van der Waals surface area (Å²) in [5, 5.41) is 3.18. The Kier molecular flexibility index (Phi) is 12.0. The van der Waals surface area contributed by atoms with Crippen molar-refractivity contribution >= 4 is 12.6 Å². The Labute approximate surface area is 127 Å². The van der Waals surface area contributed by atoms with Gasteiger partial charge in [-0.05, 0) is 50.6 Å². The van der Waals surface area contributed by atoms with Crippen molar-refractivity contribution in [2.75, 3.05) is 19.3 Å². The van der Waals surface area contributed by atoms with Crippen LogP contribution in [0.15, 0.2) is 24.5 Å². The summed E-state index contributed by atoms with van der Waals surface area (Å²) in [5.74, 6) is 1.01.